The Bertz CT molecular complexity index is 1070. The van der Waals surface area contributed by atoms with Crippen molar-refractivity contribution in [2.75, 3.05) is 7.05 Å². The van der Waals surface area contributed by atoms with Gasteiger partial charge in [-0.25, -0.2) is 8.42 Å². The number of rotatable bonds is 8. The zero-order valence-corrected chi connectivity index (χ0v) is 18.4. The first-order valence-corrected chi connectivity index (χ1v) is 11.4. The van der Waals surface area contributed by atoms with Crippen molar-refractivity contribution in [2.24, 2.45) is 0 Å². The first kappa shape index (κ1) is 21.3. The molecule has 8 nitrogen and oxygen atoms in total. The molecule has 0 aliphatic heterocycles. The number of thiophene rings is 1. The Balaban J connectivity index is 1.80. The SMILES string of the molecule is Cc1nn([C@@H](C)C(=O)NCc2cccs2)c(C)c1S(=O)(=O)N(C)Cc1ccco1. The van der Waals surface area contributed by atoms with Gasteiger partial charge in [-0.3, -0.25) is 9.48 Å². The third-order valence-corrected chi connectivity index (χ3v) is 7.58. The summed E-state index contributed by atoms with van der Waals surface area (Å²) >= 11 is 1.56. The molecule has 0 saturated carbocycles. The molecule has 3 heterocycles. The number of hydrogen-bond acceptors (Lipinski definition) is 6. The predicted octanol–water partition coefficient (Wildman–Crippen LogP) is 2.85. The zero-order valence-electron chi connectivity index (χ0n) is 16.7. The molecule has 3 aromatic rings. The van der Waals surface area contributed by atoms with Gasteiger partial charge in [-0.15, -0.1) is 11.3 Å². The number of nitrogens with one attached hydrogen (secondary N) is 1. The third-order valence-electron chi connectivity index (χ3n) is 4.65. The lowest BCUT2D eigenvalue weighted by Gasteiger charge is -2.17. The molecule has 0 aliphatic carbocycles. The van der Waals surface area contributed by atoms with E-state index < -0.39 is 16.1 Å². The molecule has 1 N–H and O–H groups in total. The maximum absolute atomic E-state index is 13.1. The summed E-state index contributed by atoms with van der Waals surface area (Å²) in [5.41, 5.74) is 0.777. The quantitative estimate of drug-likeness (QED) is 0.586. The van der Waals surface area contributed by atoms with Crippen LogP contribution in [0.3, 0.4) is 0 Å². The molecule has 0 unspecified atom stereocenters. The lowest BCUT2D eigenvalue weighted by molar-refractivity contribution is -0.124. The highest BCUT2D eigenvalue weighted by molar-refractivity contribution is 7.89. The molecule has 0 spiro atoms. The van der Waals surface area contributed by atoms with Gasteiger partial charge in [-0.05, 0) is 44.4 Å². The second-order valence-electron chi connectivity index (χ2n) is 6.76. The van der Waals surface area contributed by atoms with Gasteiger partial charge in [-0.1, -0.05) is 6.07 Å². The monoisotopic (exact) mass is 436 g/mol. The highest BCUT2D eigenvalue weighted by Gasteiger charge is 2.31. The van der Waals surface area contributed by atoms with E-state index in [1.54, 1.807) is 44.2 Å². The van der Waals surface area contributed by atoms with Crippen LogP contribution in [-0.4, -0.2) is 35.5 Å². The van der Waals surface area contributed by atoms with Gasteiger partial charge in [0, 0.05) is 11.9 Å². The number of aryl methyl sites for hydroxylation is 1. The van der Waals surface area contributed by atoms with Gasteiger partial charge in [0.2, 0.25) is 15.9 Å². The smallest absolute Gasteiger partial charge is 0.246 e. The van der Waals surface area contributed by atoms with E-state index in [0.717, 1.165) is 4.88 Å². The Morgan fingerprint density at radius 2 is 2.10 bits per heavy atom. The summed E-state index contributed by atoms with van der Waals surface area (Å²) in [5.74, 6) is 0.317. The standard InChI is InChI=1S/C19H24N4O4S2/c1-13-18(29(25,26)22(4)12-16-7-5-9-27-16)14(2)23(21-13)15(3)19(24)20-11-17-8-6-10-28-17/h5-10,15H,11-12H2,1-4H3,(H,20,24)/t15-/m0/s1. The van der Waals surface area contributed by atoms with Crippen molar-refractivity contribution in [1.82, 2.24) is 19.4 Å². The van der Waals surface area contributed by atoms with Crippen molar-refractivity contribution in [3.05, 3.63) is 57.9 Å². The molecule has 0 bridgehead atoms. The van der Waals surface area contributed by atoms with Gasteiger partial charge in [0.1, 0.15) is 16.7 Å². The minimum absolute atomic E-state index is 0.107. The molecule has 1 amide bonds. The number of nitrogens with zero attached hydrogens (tertiary/aromatic N) is 3. The van der Waals surface area contributed by atoms with Crippen LogP contribution in [-0.2, 0) is 27.9 Å². The number of sulfonamides is 1. The van der Waals surface area contributed by atoms with Crippen LogP contribution in [0.4, 0.5) is 0 Å². The fraction of sp³-hybridized carbons (Fsp3) is 0.368. The molecule has 0 radical (unpaired) electrons. The maximum atomic E-state index is 13.1. The molecule has 1 atom stereocenters. The maximum Gasteiger partial charge on any atom is 0.246 e. The molecule has 0 fully saturated rings. The average Bonchev–Trinajstić information content (AvgIpc) is 3.41. The summed E-state index contributed by atoms with van der Waals surface area (Å²) in [6.07, 6.45) is 1.50. The predicted molar refractivity (Wildman–Crippen MR) is 110 cm³/mol. The number of hydrogen-bond donors (Lipinski definition) is 1. The van der Waals surface area contributed by atoms with Crippen molar-refractivity contribution >= 4 is 27.3 Å². The lowest BCUT2D eigenvalue weighted by Crippen LogP contribution is -2.31. The van der Waals surface area contributed by atoms with Gasteiger partial charge in [0.15, 0.2) is 0 Å². The fourth-order valence-corrected chi connectivity index (χ4v) is 5.24. The number of furan rings is 1. The molecular formula is C19H24N4O4S2. The average molecular weight is 437 g/mol. The molecular weight excluding hydrogens is 412 g/mol. The van der Waals surface area contributed by atoms with E-state index >= 15 is 0 Å². The van der Waals surface area contributed by atoms with Gasteiger partial charge in [0.05, 0.1) is 30.7 Å². The molecule has 3 rings (SSSR count). The molecule has 3 aromatic heterocycles. The van der Waals surface area contributed by atoms with Crippen molar-refractivity contribution in [1.29, 1.82) is 0 Å². The Morgan fingerprint density at radius 3 is 2.72 bits per heavy atom. The largest absolute Gasteiger partial charge is 0.468 e. The van der Waals surface area contributed by atoms with Gasteiger partial charge in [0.25, 0.3) is 0 Å². The normalized spacial score (nSPS) is 13.0. The minimum Gasteiger partial charge on any atom is -0.468 e. The number of carbonyl (C=O) groups is 1. The number of aromatic nitrogens is 2. The Kier molecular flexibility index (Phi) is 6.25. The van der Waals surface area contributed by atoms with E-state index in [2.05, 4.69) is 10.4 Å². The van der Waals surface area contributed by atoms with E-state index in [1.165, 1.54) is 22.3 Å². The van der Waals surface area contributed by atoms with Crippen molar-refractivity contribution in [3.63, 3.8) is 0 Å². The van der Waals surface area contributed by atoms with Crippen LogP contribution in [0.25, 0.3) is 0 Å². The molecule has 0 aromatic carbocycles. The van der Waals surface area contributed by atoms with Gasteiger partial charge in [-0.2, -0.15) is 9.40 Å². The first-order chi connectivity index (χ1) is 13.7. The van der Waals surface area contributed by atoms with Gasteiger partial charge >= 0.3 is 0 Å². The summed E-state index contributed by atoms with van der Waals surface area (Å²) in [6, 6.07) is 6.65. The van der Waals surface area contributed by atoms with Crippen LogP contribution in [0, 0.1) is 13.8 Å². The summed E-state index contributed by atoms with van der Waals surface area (Å²) in [4.78, 5) is 13.7. The van der Waals surface area contributed by atoms with Gasteiger partial charge < -0.3 is 9.73 Å². The summed E-state index contributed by atoms with van der Waals surface area (Å²) in [6.45, 7) is 5.53. The summed E-state index contributed by atoms with van der Waals surface area (Å²) in [7, 11) is -2.31. The number of carbonyl (C=O) groups excluding carboxylic acids is 1. The molecule has 29 heavy (non-hydrogen) atoms. The summed E-state index contributed by atoms with van der Waals surface area (Å²) in [5, 5.41) is 9.17. The molecule has 156 valence electrons. The van der Waals surface area contributed by atoms with Crippen LogP contribution in [0.5, 0.6) is 0 Å². The van der Waals surface area contributed by atoms with E-state index in [0.29, 0.717) is 23.7 Å². The van der Waals surface area contributed by atoms with E-state index in [9.17, 15) is 13.2 Å². The van der Waals surface area contributed by atoms with Crippen molar-refractivity contribution < 1.29 is 17.6 Å². The Hall–Kier alpha value is -2.43. The second kappa shape index (κ2) is 8.52. The highest BCUT2D eigenvalue weighted by atomic mass is 32.2. The van der Waals surface area contributed by atoms with Crippen LogP contribution in [0.15, 0.2) is 45.2 Å². The third kappa shape index (κ3) is 4.44. The zero-order chi connectivity index (χ0) is 21.2. The minimum atomic E-state index is -3.80. The first-order valence-electron chi connectivity index (χ1n) is 9.06. The van der Waals surface area contributed by atoms with Crippen LogP contribution in [0.1, 0.15) is 35.0 Å². The van der Waals surface area contributed by atoms with Crippen molar-refractivity contribution in [2.45, 2.75) is 44.8 Å². The van der Waals surface area contributed by atoms with E-state index in [1.807, 2.05) is 17.5 Å². The van der Waals surface area contributed by atoms with Crippen molar-refractivity contribution in [3.8, 4) is 0 Å². The fourth-order valence-electron chi connectivity index (χ4n) is 3.11. The Labute approximate surface area is 174 Å². The van der Waals surface area contributed by atoms with Crippen LogP contribution < -0.4 is 5.32 Å². The Morgan fingerprint density at radius 1 is 1.34 bits per heavy atom. The topological polar surface area (TPSA) is 97.4 Å². The summed E-state index contributed by atoms with van der Waals surface area (Å²) < 4.78 is 34.2. The number of amides is 1. The lowest BCUT2D eigenvalue weighted by atomic mass is 10.3. The van der Waals surface area contributed by atoms with Crippen LogP contribution in [0.2, 0.25) is 0 Å². The van der Waals surface area contributed by atoms with E-state index in [-0.39, 0.29) is 17.3 Å². The molecule has 0 saturated heterocycles. The van der Waals surface area contributed by atoms with Crippen LogP contribution >= 0.6 is 11.3 Å². The highest BCUT2D eigenvalue weighted by Crippen LogP contribution is 2.26. The molecule has 0 aliphatic rings. The van der Waals surface area contributed by atoms with E-state index in [4.69, 9.17) is 4.42 Å². The molecule has 10 heteroatoms. The second-order valence-corrected chi connectivity index (χ2v) is 9.77.